The number of rotatable bonds is 9. The lowest BCUT2D eigenvalue weighted by molar-refractivity contribution is -0.151. The van der Waals surface area contributed by atoms with Gasteiger partial charge in [-0.3, -0.25) is 9.59 Å². The number of thiocarbonyl (C=S) groups is 1. The third kappa shape index (κ3) is 5.87. The SMILES string of the molecule is CCC(C)(C)C(=O)C(=O)N1CCC(CCCCc2ccccc2)CC1C(O)=S. The number of benzene rings is 1. The molecule has 1 aromatic rings. The second-order valence-corrected chi connectivity index (χ2v) is 8.96. The number of likely N-dealkylation sites (tertiary alicyclic amines) is 1. The molecule has 28 heavy (non-hydrogen) atoms. The van der Waals surface area contributed by atoms with Gasteiger partial charge in [0.2, 0.25) is 5.78 Å². The molecule has 0 aromatic heterocycles. The van der Waals surface area contributed by atoms with E-state index in [0.29, 0.717) is 25.3 Å². The number of amides is 1. The van der Waals surface area contributed by atoms with E-state index in [-0.39, 0.29) is 5.05 Å². The van der Waals surface area contributed by atoms with Gasteiger partial charge in [-0.25, -0.2) is 0 Å². The third-order valence-corrected chi connectivity index (χ3v) is 6.39. The first-order valence-corrected chi connectivity index (χ1v) is 10.8. The summed E-state index contributed by atoms with van der Waals surface area (Å²) in [7, 11) is 0. The Morgan fingerprint density at radius 1 is 1.21 bits per heavy atom. The molecular weight excluding hydrogens is 370 g/mol. The predicted molar refractivity (Wildman–Crippen MR) is 117 cm³/mol. The fourth-order valence-corrected chi connectivity index (χ4v) is 3.99. The average Bonchev–Trinajstić information content (AvgIpc) is 2.70. The molecule has 5 heteroatoms. The second-order valence-electron chi connectivity index (χ2n) is 8.54. The van der Waals surface area contributed by atoms with Crippen LogP contribution in [0.4, 0.5) is 0 Å². The molecule has 1 aliphatic rings. The van der Waals surface area contributed by atoms with Gasteiger partial charge in [0.05, 0.1) is 0 Å². The summed E-state index contributed by atoms with van der Waals surface area (Å²) in [6.07, 6.45) is 6.47. The highest BCUT2D eigenvalue weighted by Gasteiger charge is 2.40. The molecule has 2 unspecified atom stereocenters. The number of aryl methyl sites for hydroxylation is 1. The molecule has 0 bridgehead atoms. The van der Waals surface area contributed by atoms with Crippen LogP contribution in [0.2, 0.25) is 0 Å². The first-order chi connectivity index (χ1) is 13.3. The van der Waals surface area contributed by atoms with E-state index in [0.717, 1.165) is 32.1 Å². The number of hydrogen-bond acceptors (Lipinski definition) is 3. The van der Waals surface area contributed by atoms with Crippen LogP contribution in [0.5, 0.6) is 0 Å². The minimum Gasteiger partial charge on any atom is -0.500 e. The van der Waals surface area contributed by atoms with E-state index in [4.69, 9.17) is 12.2 Å². The molecule has 0 saturated carbocycles. The van der Waals surface area contributed by atoms with Crippen LogP contribution in [0.25, 0.3) is 0 Å². The van der Waals surface area contributed by atoms with Gasteiger partial charge in [0, 0.05) is 12.0 Å². The Kier molecular flexibility index (Phi) is 8.17. The van der Waals surface area contributed by atoms with Crippen LogP contribution in [0, 0.1) is 11.3 Å². The monoisotopic (exact) mass is 403 g/mol. The van der Waals surface area contributed by atoms with Gasteiger partial charge in [-0.05, 0) is 55.8 Å². The van der Waals surface area contributed by atoms with Crippen molar-refractivity contribution in [1.82, 2.24) is 4.90 Å². The van der Waals surface area contributed by atoms with Gasteiger partial charge in [0.1, 0.15) is 6.04 Å². The number of piperidine rings is 1. The van der Waals surface area contributed by atoms with Gasteiger partial charge >= 0.3 is 0 Å². The van der Waals surface area contributed by atoms with E-state index in [2.05, 4.69) is 24.3 Å². The number of aliphatic hydroxyl groups excluding tert-OH is 1. The van der Waals surface area contributed by atoms with Crippen molar-refractivity contribution in [2.45, 2.75) is 71.8 Å². The summed E-state index contributed by atoms with van der Waals surface area (Å²) in [5, 5.41) is 9.83. The Hall–Kier alpha value is -1.75. The van der Waals surface area contributed by atoms with Gasteiger partial charge in [0.25, 0.3) is 5.91 Å². The van der Waals surface area contributed by atoms with Crippen LogP contribution >= 0.6 is 12.2 Å². The largest absolute Gasteiger partial charge is 0.500 e. The van der Waals surface area contributed by atoms with E-state index in [1.54, 1.807) is 13.8 Å². The molecule has 0 spiro atoms. The minimum absolute atomic E-state index is 0.176. The smallest absolute Gasteiger partial charge is 0.291 e. The standard InChI is InChI=1S/C23H33NO3S/c1-4-23(2,3)20(25)21(26)24-15-14-18(16-19(24)22(27)28)13-9-8-12-17-10-6-5-7-11-17/h5-7,10-11,18-19H,4,8-9,12-16H2,1-3H3,(H,27,28). The predicted octanol–water partition coefficient (Wildman–Crippen LogP) is 4.90. The van der Waals surface area contributed by atoms with E-state index >= 15 is 0 Å². The Balaban J connectivity index is 1.88. The van der Waals surface area contributed by atoms with Crippen molar-refractivity contribution in [3.05, 3.63) is 35.9 Å². The summed E-state index contributed by atoms with van der Waals surface area (Å²) in [6, 6.07) is 9.94. The number of carbonyl (C=O) groups is 2. The lowest BCUT2D eigenvalue weighted by atomic mass is 9.82. The molecule has 1 N–H and O–H groups in total. The Morgan fingerprint density at radius 2 is 1.89 bits per heavy atom. The lowest BCUT2D eigenvalue weighted by Crippen LogP contribution is -2.53. The second kappa shape index (κ2) is 10.1. The first-order valence-electron chi connectivity index (χ1n) is 10.4. The number of hydrogen-bond donors (Lipinski definition) is 1. The number of Topliss-reactive ketones (excluding diaryl/α,β-unsaturated/α-hetero) is 1. The molecule has 0 aliphatic carbocycles. The quantitative estimate of drug-likeness (QED) is 0.362. The first kappa shape index (κ1) is 22.5. The van der Waals surface area contributed by atoms with Gasteiger partial charge in [-0.15, -0.1) is 0 Å². The molecule has 1 amide bonds. The zero-order valence-corrected chi connectivity index (χ0v) is 18.1. The number of unbranched alkanes of at least 4 members (excludes halogenated alkanes) is 1. The van der Waals surface area contributed by atoms with Gasteiger partial charge in [-0.1, -0.05) is 63.9 Å². The molecule has 1 heterocycles. The van der Waals surface area contributed by atoms with E-state index < -0.39 is 23.1 Å². The molecule has 1 saturated heterocycles. The number of aliphatic hydroxyl groups is 1. The van der Waals surface area contributed by atoms with Crippen molar-refractivity contribution in [3.63, 3.8) is 0 Å². The van der Waals surface area contributed by atoms with E-state index in [9.17, 15) is 14.7 Å². The Bertz CT molecular complexity index is 686. The third-order valence-electron chi connectivity index (χ3n) is 6.12. The maximum absolute atomic E-state index is 12.7. The molecular formula is C23H33NO3S. The van der Waals surface area contributed by atoms with E-state index in [1.165, 1.54) is 10.5 Å². The van der Waals surface area contributed by atoms with Crippen molar-refractivity contribution >= 4 is 29.0 Å². The number of ketones is 1. The van der Waals surface area contributed by atoms with Crippen molar-refractivity contribution in [1.29, 1.82) is 0 Å². The van der Waals surface area contributed by atoms with Crippen LogP contribution in [-0.4, -0.2) is 39.3 Å². The highest BCUT2D eigenvalue weighted by atomic mass is 32.1. The normalized spacial score (nSPS) is 20.0. The average molecular weight is 404 g/mol. The molecule has 2 atom stereocenters. The number of nitrogens with zero attached hydrogens (tertiary/aromatic N) is 1. The molecule has 1 aromatic carbocycles. The summed E-state index contributed by atoms with van der Waals surface area (Å²) in [5.41, 5.74) is 0.668. The molecule has 2 rings (SSSR count). The molecule has 1 aliphatic heterocycles. The van der Waals surface area contributed by atoms with Crippen LogP contribution in [0.15, 0.2) is 30.3 Å². The zero-order chi connectivity index (χ0) is 20.7. The van der Waals surface area contributed by atoms with Crippen molar-refractivity contribution in [2.75, 3.05) is 6.54 Å². The highest BCUT2D eigenvalue weighted by molar-refractivity contribution is 7.80. The van der Waals surface area contributed by atoms with Crippen molar-refractivity contribution in [3.8, 4) is 0 Å². The summed E-state index contributed by atoms with van der Waals surface area (Å²) in [5.74, 6) is -0.474. The van der Waals surface area contributed by atoms with Crippen molar-refractivity contribution < 1.29 is 14.7 Å². The summed E-state index contributed by atoms with van der Waals surface area (Å²) in [6.45, 7) is 5.97. The zero-order valence-electron chi connectivity index (χ0n) is 17.3. The fraction of sp³-hybridized carbons (Fsp3) is 0.609. The van der Waals surface area contributed by atoms with Gasteiger partial charge < -0.3 is 10.0 Å². The lowest BCUT2D eigenvalue weighted by Gasteiger charge is -2.39. The summed E-state index contributed by atoms with van der Waals surface area (Å²) < 4.78 is 0. The van der Waals surface area contributed by atoms with Gasteiger partial charge in [-0.2, -0.15) is 0 Å². The topological polar surface area (TPSA) is 57.6 Å². The Morgan fingerprint density at radius 3 is 2.50 bits per heavy atom. The van der Waals surface area contributed by atoms with Crippen LogP contribution in [-0.2, 0) is 16.0 Å². The van der Waals surface area contributed by atoms with Crippen molar-refractivity contribution in [2.24, 2.45) is 11.3 Å². The Labute approximate surface area is 174 Å². The maximum atomic E-state index is 12.7. The minimum atomic E-state index is -0.688. The fourth-order valence-electron chi connectivity index (χ4n) is 3.77. The van der Waals surface area contributed by atoms with Crippen LogP contribution < -0.4 is 0 Å². The van der Waals surface area contributed by atoms with E-state index in [1.807, 2.05) is 13.0 Å². The van der Waals surface area contributed by atoms with Gasteiger partial charge in [0.15, 0.2) is 5.05 Å². The molecule has 0 radical (unpaired) electrons. The van der Waals surface area contributed by atoms with Crippen LogP contribution in [0.1, 0.15) is 64.9 Å². The number of carbonyl (C=O) groups excluding carboxylic acids is 2. The van der Waals surface area contributed by atoms with Crippen LogP contribution in [0.3, 0.4) is 0 Å². The highest BCUT2D eigenvalue weighted by Crippen LogP contribution is 2.30. The molecule has 154 valence electrons. The maximum Gasteiger partial charge on any atom is 0.291 e. The molecule has 4 nitrogen and oxygen atoms in total. The summed E-state index contributed by atoms with van der Waals surface area (Å²) >= 11 is 5.02. The molecule has 1 fully saturated rings. The summed E-state index contributed by atoms with van der Waals surface area (Å²) in [4.78, 5) is 26.8.